The fourth-order valence-corrected chi connectivity index (χ4v) is 2.06. The highest BCUT2D eigenvalue weighted by Crippen LogP contribution is 2.33. The Morgan fingerprint density at radius 1 is 1.05 bits per heavy atom. The molecule has 0 aliphatic carbocycles. The molecule has 5 atom stereocenters. The van der Waals surface area contributed by atoms with E-state index in [0.29, 0.717) is 5.56 Å². The first-order chi connectivity index (χ1) is 9.56. The van der Waals surface area contributed by atoms with Crippen molar-refractivity contribution in [1.82, 2.24) is 0 Å². The van der Waals surface area contributed by atoms with Crippen molar-refractivity contribution in [2.75, 3.05) is 13.2 Å². The van der Waals surface area contributed by atoms with Gasteiger partial charge in [0.25, 0.3) is 0 Å². The van der Waals surface area contributed by atoms with Crippen LogP contribution in [0.3, 0.4) is 0 Å². The minimum atomic E-state index is -1.38. The molecule has 1 aromatic rings. The predicted octanol–water partition coefficient (Wildman–Crippen LogP) is -1.12. The summed E-state index contributed by atoms with van der Waals surface area (Å²) >= 11 is 0. The molecule has 2 rings (SSSR count). The van der Waals surface area contributed by atoms with Gasteiger partial charge in [0.15, 0.2) is 6.29 Å². The van der Waals surface area contributed by atoms with E-state index in [2.05, 4.69) is 0 Å². The fourth-order valence-electron chi connectivity index (χ4n) is 2.06. The van der Waals surface area contributed by atoms with Gasteiger partial charge in [-0.05, 0) is 12.1 Å². The summed E-state index contributed by atoms with van der Waals surface area (Å²) < 4.78 is 10.9. The van der Waals surface area contributed by atoms with Crippen LogP contribution in [0.2, 0.25) is 0 Å². The number of aliphatic hydroxyl groups is 4. The van der Waals surface area contributed by atoms with Gasteiger partial charge in [0.05, 0.1) is 13.2 Å². The number of hydrogen-bond acceptors (Lipinski definition) is 7. The number of aromatic hydroxyl groups is 1. The molecule has 0 aromatic heterocycles. The van der Waals surface area contributed by atoms with E-state index in [4.69, 9.17) is 14.6 Å². The molecule has 7 heteroatoms. The van der Waals surface area contributed by atoms with Crippen molar-refractivity contribution in [2.24, 2.45) is 0 Å². The summed E-state index contributed by atoms with van der Waals surface area (Å²) in [5, 5.41) is 46.6. The van der Waals surface area contributed by atoms with Crippen molar-refractivity contribution < 1.29 is 35.0 Å². The summed E-state index contributed by atoms with van der Waals surface area (Å²) in [6.07, 6.45) is -5.35. The summed E-state index contributed by atoms with van der Waals surface area (Å²) in [6, 6.07) is 6.10. The molecular formula is C13H18O7. The maximum absolute atomic E-state index is 9.86. The number of phenolic OH excluding ortho intramolecular Hbond substituents is 1. The van der Waals surface area contributed by atoms with Crippen LogP contribution in [0.15, 0.2) is 24.3 Å². The Kier molecular flexibility index (Phi) is 4.92. The van der Waals surface area contributed by atoms with Crippen LogP contribution in [0.5, 0.6) is 5.75 Å². The van der Waals surface area contributed by atoms with E-state index in [1.165, 1.54) is 12.1 Å². The molecule has 0 bridgehead atoms. The van der Waals surface area contributed by atoms with Crippen LogP contribution in [0.4, 0.5) is 0 Å². The summed E-state index contributed by atoms with van der Waals surface area (Å²) in [5.41, 5.74) is 0.606. The first-order valence-corrected chi connectivity index (χ1v) is 6.24. The largest absolute Gasteiger partial charge is 0.508 e. The highest BCUT2D eigenvalue weighted by molar-refractivity contribution is 5.27. The van der Waals surface area contributed by atoms with Crippen molar-refractivity contribution in [3.05, 3.63) is 29.8 Å². The quantitative estimate of drug-likeness (QED) is 0.465. The molecule has 7 nitrogen and oxygen atoms in total. The average molecular weight is 286 g/mol. The lowest BCUT2D eigenvalue weighted by atomic mass is 10.0. The molecule has 0 amide bonds. The molecule has 0 radical (unpaired) electrons. The summed E-state index contributed by atoms with van der Waals surface area (Å²) in [7, 11) is 0. The molecule has 0 saturated carbocycles. The zero-order valence-corrected chi connectivity index (χ0v) is 10.7. The monoisotopic (exact) mass is 286 g/mol. The third-order valence-corrected chi connectivity index (χ3v) is 3.21. The van der Waals surface area contributed by atoms with E-state index < -0.39 is 43.9 Å². The zero-order valence-electron chi connectivity index (χ0n) is 10.7. The number of ether oxygens (including phenoxy) is 2. The first-order valence-electron chi connectivity index (χ1n) is 6.24. The van der Waals surface area contributed by atoms with Gasteiger partial charge in [0.2, 0.25) is 0 Å². The Balaban J connectivity index is 2.11. The molecular weight excluding hydrogens is 268 g/mol. The number of benzene rings is 1. The lowest BCUT2D eigenvalue weighted by Crippen LogP contribution is -2.45. The normalized spacial score (nSPS) is 29.3. The zero-order chi connectivity index (χ0) is 14.7. The molecule has 1 aliphatic heterocycles. The van der Waals surface area contributed by atoms with Crippen LogP contribution in [-0.4, -0.2) is 63.2 Å². The lowest BCUT2D eigenvalue weighted by Gasteiger charge is -2.23. The van der Waals surface area contributed by atoms with Crippen molar-refractivity contribution >= 4 is 0 Å². The van der Waals surface area contributed by atoms with E-state index in [0.717, 1.165) is 0 Å². The van der Waals surface area contributed by atoms with Crippen molar-refractivity contribution in [1.29, 1.82) is 0 Å². The van der Waals surface area contributed by atoms with E-state index in [9.17, 15) is 20.4 Å². The highest BCUT2D eigenvalue weighted by atomic mass is 16.7. The van der Waals surface area contributed by atoms with Gasteiger partial charge in [0.1, 0.15) is 30.2 Å². The highest BCUT2D eigenvalue weighted by Gasteiger charge is 2.43. The van der Waals surface area contributed by atoms with Gasteiger partial charge in [-0.15, -0.1) is 0 Å². The van der Waals surface area contributed by atoms with Crippen LogP contribution in [0, 0.1) is 0 Å². The molecule has 1 heterocycles. The van der Waals surface area contributed by atoms with E-state index in [1.807, 2.05) is 0 Å². The van der Waals surface area contributed by atoms with Crippen LogP contribution < -0.4 is 0 Å². The van der Waals surface area contributed by atoms with Crippen LogP contribution in [0.1, 0.15) is 11.9 Å². The molecule has 0 spiro atoms. The summed E-state index contributed by atoms with van der Waals surface area (Å²) in [4.78, 5) is 0. The summed E-state index contributed by atoms with van der Waals surface area (Å²) in [6.45, 7) is -1.02. The van der Waals surface area contributed by atoms with E-state index in [-0.39, 0.29) is 5.75 Å². The maximum atomic E-state index is 9.86. The van der Waals surface area contributed by atoms with Crippen molar-refractivity contribution in [3.63, 3.8) is 0 Å². The van der Waals surface area contributed by atoms with Crippen molar-refractivity contribution in [2.45, 2.75) is 30.7 Å². The third kappa shape index (κ3) is 3.09. The number of hydrogen-bond donors (Lipinski definition) is 5. The molecule has 1 aliphatic rings. The van der Waals surface area contributed by atoms with Gasteiger partial charge in [-0.3, -0.25) is 0 Å². The molecule has 20 heavy (non-hydrogen) atoms. The Labute approximate surface area is 115 Å². The van der Waals surface area contributed by atoms with Crippen molar-refractivity contribution in [3.8, 4) is 5.75 Å². The Bertz CT molecular complexity index is 421. The van der Waals surface area contributed by atoms with E-state index in [1.54, 1.807) is 12.1 Å². The lowest BCUT2D eigenvalue weighted by molar-refractivity contribution is -0.113. The fraction of sp³-hybridized carbons (Fsp3) is 0.538. The molecule has 112 valence electrons. The second-order valence-electron chi connectivity index (χ2n) is 4.62. The van der Waals surface area contributed by atoms with Gasteiger partial charge in [0, 0.05) is 5.56 Å². The van der Waals surface area contributed by atoms with Crippen LogP contribution in [-0.2, 0) is 9.47 Å². The first kappa shape index (κ1) is 15.2. The second kappa shape index (κ2) is 6.49. The van der Waals surface area contributed by atoms with Gasteiger partial charge >= 0.3 is 0 Å². The number of rotatable bonds is 5. The number of aliphatic hydroxyl groups excluding tert-OH is 4. The number of phenols is 1. The molecule has 1 aromatic carbocycles. The average Bonchev–Trinajstić information content (AvgIpc) is 2.90. The Morgan fingerprint density at radius 2 is 1.70 bits per heavy atom. The topological polar surface area (TPSA) is 120 Å². The van der Waals surface area contributed by atoms with Crippen LogP contribution in [0.25, 0.3) is 0 Å². The van der Waals surface area contributed by atoms with Crippen LogP contribution >= 0.6 is 0 Å². The molecule has 1 saturated heterocycles. The van der Waals surface area contributed by atoms with Gasteiger partial charge < -0.3 is 35.0 Å². The molecule has 1 fully saturated rings. The molecule has 5 N–H and O–H groups in total. The maximum Gasteiger partial charge on any atom is 0.184 e. The third-order valence-electron chi connectivity index (χ3n) is 3.21. The minimum absolute atomic E-state index is 0.0951. The van der Waals surface area contributed by atoms with Gasteiger partial charge in [-0.1, -0.05) is 12.1 Å². The predicted molar refractivity (Wildman–Crippen MR) is 66.8 cm³/mol. The smallest absolute Gasteiger partial charge is 0.184 e. The molecule has 1 unspecified atom stereocenters. The SMILES string of the molecule is OC[C@H](O)[C@H](O)[C@H]1OC(c2ccc(O)cc2)O[C@@H]1CO. The minimum Gasteiger partial charge on any atom is -0.508 e. The van der Waals surface area contributed by atoms with Gasteiger partial charge in [-0.2, -0.15) is 0 Å². The Hall–Kier alpha value is -1.22. The van der Waals surface area contributed by atoms with E-state index >= 15 is 0 Å². The standard InChI is InChI=1S/C13H18O7/c14-5-9(17)11(18)12-10(6-15)19-13(20-12)7-1-3-8(16)4-2-7/h1-4,9-18H,5-6H2/t9-,10+,11-,12-,13?/m0/s1. The second-order valence-corrected chi connectivity index (χ2v) is 4.62. The van der Waals surface area contributed by atoms with Gasteiger partial charge in [-0.25, -0.2) is 0 Å². The Morgan fingerprint density at radius 3 is 2.25 bits per heavy atom. The summed E-state index contributed by atoms with van der Waals surface area (Å²) in [5.74, 6) is 0.0951.